The Balaban J connectivity index is 2.24. The van der Waals surface area contributed by atoms with Crippen LogP contribution in [0.2, 0.25) is 0 Å². The second kappa shape index (κ2) is 5.16. The van der Waals surface area contributed by atoms with Gasteiger partial charge >= 0.3 is 0 Å². The Bertz CT molecular complexity index is 337. The van der Waals surface area contributed by atoms with Crippen molar-refractivity contribution in [3.8, 4) is 0 Å². The van der Waals surface area contributed by atoms with Crippen LogP contribution in [0, 0.1) is 0 Å². The second-order valence-electron chi connectivity index (χ2n) is 4.47. The summed E-state index contributed by atoms with van der Waals surface area (Å²) in [6.45, 7) is 2.26. The average molecular weight is 200 g/mol. The number of hydrogen-bond donors (Lipinski definition) is 0. The third kappa shape index (κ3) is 2.71. The molecule has 0 spiro atoms. The molecule has 0 fully saturated rings. The predicted octanol–water partition coefficient (Wildman–Crippen LogP) is 4.71. The highest BCUT2D eigenvalue weighted by molar-refractivity contribution is 5.42. The molecule has 0 radical (unpaired) electrons. The summed E-state index contributed by atoms with van der Waals surface area (Å²) < 4.78 is 0. The summed E-state index contributed by atoms with van der Waals surface area (Å²) in [6, 6.07) is 0. The smallest absolute Gasteiger partial charge is 0.0271 e. The molecule has 0 bridgehead atoms. The van der Waals surface area contributed by atoms with Gasteiger partial charge in [0, 0.05) is 0 Å². The zero-order chi connectivity index (χ0) is 10.5. The normalized spacial score (nSPS) is 22.3. The molecule has 15 heavy (non-hydrogen) atoms. The molecular weight excluding hydrogens is 180 g/mol. The van der Waals surface area contributed by atoms with E-state index in [0.29, 0.717) is 0 Å². The molecule has 0 saturated heterocycles. The van der Waals surface area contributed by atoms with Gasteiger partial charge in [0.05, 0.1) is 0 Å². The Labute approximate surface area is 93.1 Å². The maximum atomic E-state index is 2.32. The van der Waals surface area contributed by atoms with Gasteiger partial charge in [-0.1, -0.05) is 30.4 Å². The van der Waals surface area contributed by atoms with Crippen LogP contribution >= 0.6 is 0 Å². The Morgan fingerprint density at radius 3 is 2.73 bits per heavy atom. The minimum atomic E-state index is 1.24. The first kappa shape index (κ1) is 10.5. The summed E-state index contributed by atoms with van der Waals surface area (Å²) in [5.41, 5.74) is 4.66. The van der Waals surface area contributed by atoms with E-state index in [-0.39, 0.29) is 0 Å². The van der Waals surface area contributed by atoms with Crippen molar-refractivity contribution in [2.75, 3.05) is 0 Å². The molecule has 0 N–H and O–H groups in total. The average Bonchev–Trinajstić information content (AvgIpc) is 2.59. The molecule has 0 aromatic heterocycles. The van der Waals surface area contributed by atoms with Gasteiger partial charge in [-0.05, 0) is 62.2 Å². The lowest BCUT2D eigenvalue weighted by molar-refractivity contribution is 0.797. The van der Waals surface area contributed by atoms with E-state index in [1.54, 1.807) is 11.1 Å². The second-order valence-corrected chi connectivity index (χ2v) is 4.47. The van der Waals surface area contributed by atoms with Crippen LogP contribution in [0.1, 0.15) is 45.4 Å². The Hall–Kier alpha value is -1.04. The number of allylic oxidation sites excluding steroid dienone is 8. The molecule has 80 valence electrons. The highest BCUT2D eigenvalue weighted by Gasteiger charge is 2.09. The molecule has 0 unspecified atom stereocenters. The van der Waals surface area contributed by atoms with Gasteiger partial charge in [0.1, 0.15) is 0 Å². The van der Waals surface area contributed by atoms with Gasteiger partial charge in [0.25, 0.3) is 0 Å². The molecule has 0 heteroatoms. The quantitative estimate of drug-likeness (QED) is 0.575. The third-order valence-corrected chi connectivity index (χ3v) is 3.28. The summed E-state index contributed by atoms with van der Waals surface area (Å²) in [6.07, 6.45) is 19.1. The molecule has 2 aliphatic carbocycles. The van der Waals surface area contributed by atoms with Gasteiger partial charge < -0.3 is 0 Å². The van der Waals surface area contributed by atoms with Crippen LogP contribution in [0.3, 0.4) is 0 Å². The van der Waals surface area contributed by atoms with Crippen molar-refractivity contribution in [1.29, 1.82) is 0 Å². The molecule has 0 saturated carbocycles. The predicted molar refractivity (Wildman–Crippen MR) is 66.8 cm³/mol. The van der Waals surface area contributed by atoms with Gasteiger partial charge in [0.15, 0.2) is 0 Å². The molecule has 2 aliphatic rings. The Morgan fingerprint density at radius 2 is 1.80 bits per heavy atom. The first-order valence-electron chi connectivity index (χ1n) is 6.10. The highest BCUT2D eigenvalue weighted by Crippen LogP contribution is 2.29. The maximum Gasteiger partial charge on any atom is -0.0271 e. The van der Waals surface area contributed by atoms with Gasteiger partial charge in [-0.25, -0.2) is 0 Å². The van der Waals surface area contributed by atoms with Gasteiger partial charge in [-0.15, -0.1) is 0 Å². The minimum Gasteiger partial charge on any atom is -0.0845 e. The Morgan fingerprint density at radius 1 is 1.00 bits per heavy atom. The first-order valence-corrected chi connectivity index (χ1v) is 6.10. The fourth-order valence-electron chi connectivity index (χ4n) is 2.39. The summed E-state index contributed by atoms with van der Waals surface area (Å²) in [5, 5.41) is 0. The molecule has 0 aromatic rings. The van der Waals surface area contributed by atoms with E-state index >= 15 is 0 Å². The summed E-state index contributed by atoms with van der Waals surface area (Å²) in [4.78, 5) is 0. The monoisotopic (exact) mass is 200 g/mol. The highest BCUT2D eigenvalue weighted by atomic mass is 14.1. The molecular formula is C15H20. The molecule has 0 amide bonds. The zero-order valence-electron chi connectivity index (χ0n) is 9.63. The largest absolute Gasteiger partial charge is 0.0845 e. The molecule has 0 atom stereocenters. The van der Waals surface area contributed by atoms with Crippen LogP contribution in [0.15, 0.2) is 47.1 Å². The van der Waals surface area contributed by atoms with Crippen LogP contribution in [0.5, 0.6) is 0 Å². The number of hydrogen-bond acceptors (Lipinski definition) is 0. The molecule has 0 aliphatic heterocycles. The van der Waals surface area contributed by atoms with E-state index in [9.17, 15) is 0 Å². The number of rotatable bonds is 1. The van der Waals surface area contributed by atoms with E-state index < -0.39 is 0 Å². The van der Waals surface area contributed by atoms with Crippen LogP contribution in [-0.4, -0.2) is 0 Å². The SMILES string of the molecule is CC1=C(C2=CC=CCCC2)CCCC=C1. The van der Waals surface area contributed by atoms with E-state index in [4.69, 9.17) is 0 Å². The summed E-state index contributed by atoms with van der Waals surface area (Å²) >= 11 is 0. The third-order valence-electron chi connectivity index (χ3n) is 3.28. The van der Waals surface area contributed by atoms with Crippen molar-refractivity contribution in [2.45, 2.75) is 45.4 Å². The van der Waals surface area contributed by atoms with Gasteiger partial charge in [0.2, 0.25) is 0 Å². The molecule has 0 aromatic carbocycles. The van der Waals surface area contributed by atoms with Gasteiger partial charge in [-0.2, -0.15) is 0 Å². The molecule has 2 rings (SSSR count). The molecule has 0 heterocycles. The maximum absolute atomic E-state index is 2.32. The van der Waals surface area contributed by atoms with E-state index in [1.165, 1.54) is 44.1 Å². The minimum absolute atomic E-state index is 1.24. The topological polar surface area (TPSA) is 0 Å². The van der Waals surface area contributed by atoms with Crippen LogP contribution < -0.4 is 0 Å². The zero-order valence-corrected chi connectivity index (χ0v) is 9.63. The summed E-state index contributed by atoms with van der Waals surface area (Å²) in [7, 11) is 0. The summed E-state index contributed by atoms with van der Waals surface area (Å²) in [5.74, 6) is 0. The lowest BCUT2D eigenvalue weighted by Crippen LogP contribution is -1.92. The van der Waals surface area contributed by atoms with Crippen molar-refractivity contribution in [2.24, 2.45) is 0 Å². The van der Waals surface area contributed by atoms with Crippen molar-refractivity contribution in [3.05, 3.63) is 47.1 Å². The van der Waals surface area contributed by atoms with Gasteiger partial charge in [-0.3, -0.25) is 0 Å². The van der Waals surface area contributed by atoms with Crippen molar-refractivity contribution >= 4 is 0 Å². The lowest BCUT2D eigenvalue weighted by Gasteiger charge is -2.12. The van der Waals surface area contributed by atoms with Crippen LogP contribution in [-0.2, 0) is 0 Å². The van der Waals surface area contributed by atoms with E-state index in [1.807, 2.05) is 0 Å². The van der Waals surface area contributed by atoms with E-state index in [0.717, 1.165) is 0 Å². The standard InChI is InChI=1S/C15H20/c1-13-9-5-4-8-12-15(13)14-10-6-2-3-7-11-14/h2,5-6,9-10H,3-4,7-8,11-12H2,1H3. The van der Waals surface area contributed by atoms with Crippen LogP contribution in [0.4, 0.5) is 0 Å². The van der Waals surface area contributed by atoms with Crippen molar-refractivity contribution in [1.82, 2.24) is 0 Å². The Kier molecular flexibility index (Phi) is 3.60. The van der Waals surface area contributed by atoms with Crippen molar-refractivity contribution < 1.29 is 0 Å². The fourth-order valence-corrected chi connectivity index (χ4v) is 2.39. The van der Waals surface area contributed by atoms with Crippen LogP contribution in [0.25, 0.3) is 0 Å². The molecule has 0 nitrogen and oxygen atoms in total. The van der Waals surface area contributed by atoms with Crippen molar-refractivity contribution in [3.63, 3.8) is 0 Å². The van der Waals surface area contributed by atoms with E-state index in [2.05, 4.69) is 37.3 Å². The first-order chi connectivity index (χ1) is 7.38. The fraction of sp³-hybridized carbons (Fsp3) is 0.467. The lowest BCUT2D eigenvalue weighted by atomic mass is 9.94.